The van der Waals surface area contributed by atoms with Crippen LogP contribution in [0.2, 0.25) is 0 Å². The fraction of sp³-hybridized carbons (Fsp3) is 1.00. The Labute approximate surface area is 162 Å². The van der Waals surface area contributed by atoms with Crippen LogP contribution in [0, 0.1) is 0 Å². The molecule has 2 rings (SSSR count). The van der Waals surface area contributed by atoms with Gasteiger partial charge in [-0.05, 0) is 13.8 Å². The first-order chi connectivity index (χ1) is 13.2. The van der Waals surface area contributed by atoms with E-state index in [2.05, 4.69) is 0 Å². The molecule has 2 heterocycles. The Morgan fingerprint density at radius 3 is 1.21 bits per heavy atom. The van der Waals surface area contributed by atoms with Crippen LogP contribution in [0.15, 0.2) is 0 Å². The van der Waals surface area contributed by atoms with Crippen molar-refractivity contribution in [2.45, 2.75) is 75.3 Å². The van der Waals surface area contributed by atoms with Crippen molar-refractivity contribution >= 4 is 0 Å². The lowest BCUT2D eigenvalue weighted by molar-refractivity contribution is -0.376. The number of ether oxygens (including phenoxy) is 4. The molecule has 0 saturated carbocycles. The molecular weight excluding hydrogens is 384 g/mol. The molecule has 2 aliphatic heterocycles. The van der Waals surface area contributed by atoms with Crippen LogP contribution in [0.1, 0.15) is 13.8 Å². The molecular formula is C16H32O12. The Bertz CT molecular complexity index is 386. The van der Waals surface area contributed by atoms with Crippen molar-refractivity contribution in [3.63, 3.8) is 0 Å². The molecule has 0 aromatic carbocycles. The van der Waals surface area contributed by atoms with Gasteiger partial charge in [-0.3, -0.25) is 0 Å². The van der Waals surface area contributed by atoms with Gasteiger partial charge in [-0.1, -0.05) is 0 Å². The van der Waals surface area contributed by atoms with E-state index in [0.29, 0.717) is 0 Å². The number of hydrogen-bond acceptors (Lipinski definition) is 12. The minimum atomic E-state index is -1.72. The highest BCUT2D eigenvalue weighted by Crippen LogP contribution is 2.27. The van der Waals surface area contributed by atoms with E-state index >= 15 is 0 Å². The van der Waals surface area contributed by atoms with E-state index in [-0.39, 0.29) is 0 Å². The lowest BCUT2D eigenvalue weighted by Gasteiger charge is -2.44. The second-order valence-electron chi connectivity index (χ2n) is 6.31. The number of rotatable bonds is 6. The minimum Gasteiger partial charge on any atom is -0.394 e. The van der Waals surface area contributed by atoms with Crippen LogP contribution in [-0.2, 0) is 18.9 Å². The zero-order chi connectivity index (χ0) is 21.4. The third kappa shape index (κ3) is 6.26. The summed E-state index contributed by atoms with van der Waals surface area (Å²) in [5.41, 5.74) is 0. The van der Waals surface area contributed by atoms with Gasteiger partial charge in [0.05, 0.1) is 13.2 Å². The highest BCUT2D eigenvalue weighted by molar-refractivity contribution is 4.92. The molecule has 10 atom stereocenters. The monoisotopic (exact) mass is 416 g/mol. The first kappa shape index (κ1) is 25.6. The summed E-state index contributed by atoms with van der Waals surface area (Å²) in [6.07, 6.45) is -15.6. The Hall–Kier alpha value is -0.480. The predicted octanol–water partition coefficient (Wildman–Crippen LogP) is -4.35. The van der Waals surface area contributed by atoms with Crippen LogP contribution < -0.4 is 0 Å². The molecule has 0 bridgehead atoms. The summed E-state index contributed by atoms with van der Waals surface area (Å²) in [4.78, 5) is 0. The molecule has 0 spiro atoms. The summed E-state index contributed by atoms with van der Waals surface area (Å²) < 4.78 is 20.1. The quantitative estimate of drug-likeness (QED) is 0.207. The number of hydrogen-bond donors (Lipinski definition) is 8. The van der Waals surface area contributed by atoms with Crippen LogP contribution in [0.3, 0.4) is 0 Å². The van der Waals surface area contributed by atoms with Gasteiger partial charge in [-0.2, -0.15) is 0 Å². The van der Waals surface area contributed by atoms with E-state index in [1.165, 1.54) is 0 Å². The number of aliphatic hydroxyl groups is 8. The zero-order valence-corrected chi connectivity index (χ0v) is 15.8. The second-order valence-corrected chi connectivity index (χ2v) is 6.31. The Kier molecular flexibility index (Phi) is 11.2. The van der Waals surface area contributed by atoms with Gasteiger partial charge in [0.15, 0.2) is 12.6 Å². The van der Waals surface area contributed by atoms with Crippen molar-refractivity contribution < 1.29 is 59.8 Å². The van der Waals surface area contributed by atoms with E-state index in [0.717, 1.165) is 13.2 Å². The maximum absolute atomic E-state index is 9.84. The van der Waals surface area contributed by atoms with E-state index in [1.807, 2.05) is 13.8 Å². The molecule has 2 saturated heterocycles. The highest BCUT2D eigenvalue weighted by Gasteiger charge is 2.49. The van der Waals surface area contributed by atoms with Crippen LogP contribution >= 0.6 is 0 Å². The molecule has 2 fully saturated rings. The number of aliphatic hydroxyl groups excluding tert-OH is 8. The van der Waals surface area contributed by atoms with Gasteiger partial charge in [-0.25, -0.2) is 0 Å². The predicted molar refractivity (Wildman–Crippen MR) is 90.8 cm³/mol. The SMILES string of the molecule is CCOCC.OC[C@H]1O[C@H](O[C@H]2O[C@H](CO)[C@@H](O)[C@H](O)[C@H]2O)[C@H](O)[C@@H](O)[C@@H]1O. The summed E-state index contributed by atoms with van der Waals surface area (Å²) in [5, 5.41) is 76.4. The molecule has 0 aromatic heterocycles. The summed E-state index contributed by atoms with van der Waals surface area (Å²) in [5.74, 6) is 0. The Morgan fingerprint density at radius 2 is 0.964 bits per heavy atom. The van der Waals surface area contributed by atoms with Crippen LogP contribution in [0.4, 0.5) is 0 Å². The molecule has 2 aliphatic rings. The molecule has 0 radical (unpaired) electrons. The van der Waals surface area contributed by atoms with Gasteiger partial charge >= 0.3 is 0 Å². The fourth-order valence-electron chi connectivity index (χ4n) is 2.70. The van der Waals surface area contributed by atoms with Crippen LogP contribution in [-0.4, -0.2) is 129 Å². The molecule has 0 aliphatic carbocycles. The molecule has 168 valence electrons. The lowest BCUT2D eigenvalue weighted by atomic mass is 9.98. The van der Waals surface area contributed by atoms with Gasteiger partial charge in [0, 0.05) is 13.2 Å². The minimum absolute atomic E-state index is 0.667. The van der Waals surface area contributed by atoms with Crippen molar-refractivity contribution in [3.05, 3.63) is 0 Å². The lowest BCUT2D eigenvalue weighted by Crippen LogP contribution is -2.63. The van der Waals surface area contributed by atoms with Gasteiger partial charge in [0.25, 0.3) is 0 Å². The van der Waals surface area contributed by atoms with E-state index in [9.17, 15) is 30.6 Å². The normalized spacial score (nSPS) is 43.9. The molecule has 28 heavy (non-hydrogen) atoms. The highest BCUT2D eigenvalue weighted by atomic mass is 16.8. The summed E-state index contributed by atoms with van der Waals surface area (Å²) >= 11 is 0. The van der Waals surface area contributed by atoms with E-state index in [4.69, 9.17) is 29.2 Å². The maximum atomic E-state index is 9.84. The summed E-state index contributed by atoms with van der Waals surface area (Å²) in [6.45, 7) is 4.33. The summed E-state index contributed by atoms with van der Waals surface area (Å²) in [7, 11) is 0. The average Bonchev–Trinajstić information content (AvgIpc) is 2.69. The Balaban J connectivity index is 0.000000696. The van der Waals surface area contributed by atoms with Crippen molar-refractivity contribution in [2.75, 3.05) is 26.4 Å². The molecule has 12 nitrogen and oxygen atoms in total. The fourth-order valence-corrected chi connectivity index (χ4v) is 2.70. The summed E-state index contributed by atoms with van der Waals surface area (Å²) in [6, 6.07) is 0. The standard InChI is InChI=1S/C12H22O11.C4H10O/c13-1-3-5(15)7(17)9(19)11(21-3)23-12-10(20)8(18)6(16)4(2-14)22-12;1-3-5-4-2/h3-20H,1-2H2;3-4H2,1-2H3/t3-,4-,5-,6-,7+,8+,9-,10-,11-,12-;/m1./s1. The van der Waals surface area contributed by atoms with Gasteiger partial charge in [0.1, 0.15) is 48.8 Å². The largest absolute Gasteiger partial charge is 0.394 e. The van der Waals surface area contributed by atoms with Crippen molar-refractivity contribution in [1.29, 1.82) is 0 Å². The van der Waals surface area contributed by atoms with Crippen LogP contribution in [0.5, 0.6) is 0 Å². The molecule has 0 unspecified atom stereocenters. The molecule has 0 amide bonds. The topological polar surface area (TPSA) is 199 Å². The first-order valence-electron chi connectivity index (χ1n) is 9.07. The molecule has 12 heteroatoms. The third-order valence-corrected chi connectivity index (χ3v) is 4.37. The van der Waals surface area contributed by atoms with Gasteiger partial charge < -0.3 is 59.8 Å². The smallest absolute Gasteiger partial charge is 0.189 e. The van der Waals surface area contributed by atoms with Crippen molar-refractivity contribution in [1.82, 2.24) is 0 Å². The average molecular weight is 416 g/mol. The van der Waals surface area contributed by atoms with Crippen LogP contribution in [0.25, 0.3) is 0 Å². The van der Waals surface area contributed by atoms with Gasteiger partial charge in [-0.15, -0.1) is 0 Å². The zero-order valence-electron chi connectivity index (χ0n) is 15.8. The van der Waals surface area contributed by atoms with E-state index < -0.39 is 74.6 Å². The second kappa shape index (κ2) is 12.3. The van der Waals surface area contributed by atoms with Gasteiger partial charge in [0.2, 0.25) is 0 Å². The first-order valence-corrected chi connectivity index (χ1v) is 9.07. The van der Waals surface area contributed by atoms with Crippen molar-refractivity contribution in [3.8, 4) is 0 Å². The van der Waals surface area contributed by atoms with Crippen molar-refractivity contribution in [2.24, 2.45) is 0 Å². The molecule has 8 N–H and O–H groups in total. The molecule has 0 aromatic rings. The third-order valence-electron chi connectivity index (χ3n) is 4.37. The van der Waals surface area contributed by atoms with E-state index in [1.54, 1.807) is 0 Å². The maximum Gasteiger partial charge on any atom is 0.189 e. The Morgan fingerprint density at radius 1 is 0.607 bits per heavy atom.